The molecule has 0 heterocycles. The van der Waals surface area contributed by atoms with Gasteiger partial charge in [-0.05, 0) is 79.4 Å². The van der Waals surface area contributed by atoms with Gasteiger partial charge in [-0.1, -0.05) is 0 Å². The Kier molecular flexibility index (Phi) is 2.94. The zero-order valence-electron chi connectivity index (χ0n) is 12.5. The molecular formula is C18H24O2. The molecule has 5 rings (SSSR count). The van der Waals surface area contributed by atoms with Gasteiger partial charge in [0.25, 0.3) is 0 Å². The number of ether oxygens (including phenoxy) is 2. The third-order valence-corrected chi connectivity index (χ3v) is 5.99. The number of methoxy groups -OCH3 is 2. The van der Waals surface area contributed by atoms with E-state index in [0.29, 0.717) is 0 Å². The van der Waals surface area contributed by atoms with Crippen LogP contribution in [0.25, 0.3) is 0 Å². The van der Waals surface area contributed by atoms with Crippen molar-refractivity contribution in [3.63, 3.8) is 0 Å². The van der Waals surface area contributed by atoms with Crippen LogP contribution in [0.4, 0.5) is 0 Å². The summed E-state index contributed by atoms with van der Waals surface area (Å²) >= 11 is 0. The summed E-state index contributed by atoms with van der Waals surface area (Å²) in [6, 6.07) is 6.48. The van der Waals surface area contributed by atoms with Gasteiger partial charge in [-0.2, -0.15) is 0 Å². The lowest BCUT2D eigenvalue weighted by molar-refractivity contribution is -0.00287. The summed E-state index contributed by atoms with van der Waals surface area (Å²) in [6.45, 7) is 0. The van der Waals surface area contributed by atoms with Crippen molar-refractivity contribution in [2.45, 2.75) is 38.0 Å². The van der Waals surface area contributed by atoms with E-state index in [2.05, 4.69) is 12.1 Å². The Balaban J connectivity index is 1.70. The van der Waals surface area contributed by atoms with Crippen molar-refractivity contribution in [2.24, 2.45) is 23.7 Å². The minimum Gasteiger partial charge on any atom is -0.497 e. The van der Waals surface area contributed by atoms with Crippen molar-refractivity contribution in [1.82, 2.24) is 0 Å². The molecule has 0 atom stereocenters. The number of hydrogen-bond acceptors (Lipinski definition) is 2. The van der Waals surface area contributed by atoms with Gasteiger partial charge in [-0.15, -0.1) is 0 Å². The second-order valence-electron chi connectivity index (χ2n) is 7.10. The first-order valence-electron chi connectivity index (χ1n) is 7.99. The zero-order chi connectivity index (χ0) is 13.7. The average Bonchev–Trinajstić information content (AvgIpc) is 2.45. The van der Waals surface area contributed by atoms with Gasteiger partial charge in [0.2, 0.25) is 0 Å². The molecule has 4 bridgehead atoms. The third-order valence-electron chi connectivity index (χ3n) is 5.99. The number of rotatable bonds is 3. The van der Waals surface area contributed by atoms with Crippen LogP contribution >= 0.6 is 0 Å². The smallest absolute Gasteiger partial charge is 0.122 e. The molecule has 2 heteroatoms. The Bertz CT molecular complexity index is 458. The van der Waals surface area contributed by atoms with E-state index in [4.69, 9.17) is 9.47 Å². The second-order valence-corrected chi connectivity index (χ2v) is 7.10. The Hall–Kier alpha value is -1.18. The molecule has 108 valence electrons. The molecule has 4 aliphatic carbocycles. The van der Waals surface area contributed by atoms with Crippen molar-refractivity contribution in [2.75, 3.05) is 14.2 Å². The van der Waals surface area contributed by atoms with Gasteiger partial charge in [-0.3, -0.25) is 0 Å². The average molecular weight is 272 g/mol. The minimum atomic E-state index is 0.742. The molecule has 4 fully saturated rings. The quantitative estimate of drug-likeness (QED) is 0.819. The molecule has 0 N–H and O–H groups in total. The Labute approximate surface area is 121 Å². The molecule has 20 heavy (non-hydrogen) atoms. The normalized spacial score (nSPS) is 38.0. The molecule has 0 unspecified atom stereocenters. The lowest BCUT2D eigenvalue weighted by Gasteiger charge is -2.54. The summed E-state index contributed by atoms with van der Waals surface area (Å²) in [6.07, 6.45) is 7.34. The van der Waals surface area contributed by atoms with Crippen LogP contribution in [0.5, 0.6) is 11.5 Å². The first kappa shape index (κ1) is 12.6. The summed E-state index contributed by atoms with van der Waals surface area (Å²) in [5.41, 5.74) is 1.45. The maximum Gasteiger partial charge on any atom is 0.122 e. The molecule has 2 nitrogen and oxygen atoms in total. The number of benzene rings is 1. The lowest BCUT2D eigenvalue weighted by Crippen LogP contribution is -2.43. The van der Waals surface area contributed by atoms with E-state index in [1.165, 1.54) is 37.7 Å². The van der Waals surface area contributed by atoms with Crippen LogP contribution in [0.2, 0.25) is 0 Å². The Morgan fingerprint density at radius 1 is 0.750 bits per heavy atom. The Morgan fingerprint density at radius 2 is 1.25 bits per heavy atom. The van der Waals surface area contributed by atoms with Crippen molar-refractivity contribution < 1.29 is 9.47 Å². The van der Waals surface area contributed by atoms with Gasteiger partial charge in [-0.25, -0.2) is 0 Å². The zero-order valence-corrected chi connectivity index (χ0v) is 12.5. The highest BCUT2D eigenvalue weighted by molar-refractivity contribution is 5.41. The van der Waals surface area contributed by atoms with Crippen molar-refractivity contribution >= 4 is 0 Å². The SMILES string of the molecule is COc1cc(OC)cc(C2C3CC4CC(C3)CC2C4)c1. The third kappa shape index (κ3) is 1.92. The van der Waals surface area contributed by atoms with Gasteiger partial charge in [0.05, 0.1) is 14.2 Å². The molecule has 0 spiro atoms. The van der Waals surface area contributed by atoms with Gasteiger partial charge < -0.3 is 9.47 Å². The highest BCUT2D eigenvalue weighted by Gasteiger charge is 2.48. The van der Waals surface area contributed by atoms with Crippen molar-refractivity contribution in [1.29, 1.82) is 0 Å². The molecule has 1 aromatic carbocycles. The molecular weight excluding hydrogens is 248 g/mol. The van der Waals surface area contributed by atoms with E-state index in [9.17, 15) is 0 Å². The fourth-order valence-corrected chi connectivity index (χ4v) is 5.49. The van der Waals surface area contributed by atoms with E-state index in [0.717, 1.165) is 41.1 Å². The van der Waals surface area contributed by atoms with Crippen LogP contribution < -0.4 is 9.47 Å². The monoisotopic (exact) mass is 272 g/mol. The summed E-state index contributed by atoms with van der Waals surface area (Å²) in [7, 11) is 3.49. The van der Waals surface area contributed by atoms with Gasteiger partial charge in [0, 0.05) is 6.07 Å². The molecule has 0 aliphatic heterocycles. The summed E-state index contributed by atoms with van der Waals surface area (Å²) in [5, 5.41) is 0. The molecule has 0 aromatic heterocycles. The predicted molar refractivity (Wildman–Crippen MR) is 79.3 cm³/mol. The predicted octanol–water partition coefficient (Wildman–Crippen LogP) is 4.24. The first-order chi connectivity index (χ1) is 9.76. The van der Waals surface area contributed by atoms with E-state index < -0.39 is 0 Å². The van der Waals surface area contributed by atoms with Gasteiger partial charge in [0.15, 0.2) is 0 Å². The van der Waals surface area contributed by atoms with Crippen LogP contribution in [-0.2, 0) is 0 Å². The first-order valence-corrected chi connectivity index (χ1v) is 7.99. The van der Waals surface area contributed by atoms with E-state index >= 15 is 0 Å². The lowest BCUT2D eigenvalue weighted by atomic mass is 9.51. The molecule has 0 amide bonds. The summed E-state index contributed by atoms with van der Waals surface area (Å²) in [4.78, 5) is 0. The van der Waals surface area contributed by atoms with Gasteiger partial charge >= 0.3 is 0 Å². The van der Waals surface area contributed by atoms with E-state index in [-0.39, 0.29) is 0 Å². The minimum absolute atomic E-state index is 0.742. The standard InChI is InChI=1S/C18H24O2/c1-19-16-8-15(9-17(10-16)20-2)18-13-4-11-3-12(6-13)7-14(18)5-11/h8-14,18H,3-7H2,1-2H3. The van der Waals surface area contributed by atoms with Crippen molar-refractivity contribution in [3.8, 4) is 11.5 Å². The van der Waals surface area contributed by atoms with Crippen LogP contribution in [0.3, 0.4) is 0 Å². The number of hydrogen-bond donors (Lipinski definition) is 0. The fourth-order valence-electron chi connectivity index (χ4n) is 5.49. The molecule has 0 saturated heterocycles. The molecule has 4 saturated carbocycles. The maximum absolute atomic E-state index is 5.46. The van der Waals surface area contributed by atoms with Crippen LogP contribution in [-0.4, -0.2) is 14.2 Å². The summed E-state index contributed by atoms with van der Waals surface area (Å²) in [5.74, 6) is 6.49. The fraction of sp³-hybridized carbons (Fsp3) is 0.667. The summed E-state index contributed by atoms with van der Waals surface area (Å²) < 4.78 is 10.9. The van der Waals surface area contributed by atoms with Crippen LogP contribution in [0.1, 0.15) is 43.6 Å². The largest absolute Gasteiger partial charge is 0.497 e. The second kappa shape index (κ2) is 4.68. The highest BCUT2D eigenvalue weighted by Crippen LogP contribution is 2.60. The van der Waals surface area contributed by atoms with E-state index in [1.807, 2.05) is 6.07 Å². The maximum atomic E-state index is 5.46. The molecule has 4 aliphatic rings. The molecule has 1 aromatic rings. The van der Waals surface area contributed by atoms with E-state index in [1.54, 1.807) is 14.2 Å². The van der Waals surface area contributed by atoms with Crippen LogP contribution in [0, 0.1) is 23.7 Å². The van der Waals surface area contributed by atoms with Crippen LogP contribution in [0.15, 0.2) is 18.2 Å². The molecule has 0 radical (unpaired) electrons. The topological polar surface area (TPSA) is 18.5 Å². The van der Waals surface area contributed by atoms with Gasteiger partial charge in [0.1, 0.15) is 11.5 Å². The Morgan fingerprint density at radius 3 is 1.70 bits per heavy atom. The van der Waals surface area contributed by atoms with Crippen molar-refractivity contribution in [3.05, 3.63) is 23.8 Å². The highest BCUT2D eigenvalue weighted by atomic mass is 16.5.